The Hall–Kier alpha value is -3.59. The van der Waals surface area contributed by atoms with Gasteiger partial charge in [-0.3, -0.25) is 9.52 Å². The molecule has 148 valence electrons. The molecule has 0 saturated heterocycles. The molecule has 0 saturated carbocycles. The first-order valence-electron chi connectivity index (χ1n) is 8.88. The van der Waals surface area contributed by atoms with Crippen molar-refractivity contribution in [2.45, 2.75) is 6.42 Å². The first kappa shape index (κ1) is 18.8. The van der Waals surface area contributed by atoms with Crippen molar-refractivity contribution in [3.63, 3.8) is 0 Å². The van der Waals surface area contributed by atoms with Crippen LogP contribution in [0.25, 0.3) is 16.8 Å². The van der Waals surface area contributed by atoms with Crippen LogP contribution in [0.2, 0.25) is 0 Å². The standard InChI is InChI=1S/C20H19N5O3S/c1-2-29(27,28)24-15-4-3-5-16(11-15)25-12-18(19(21)23-25)13-6-7-17-14(10-13)8-9-22-20(17)26/h2-7,10-12,24H,1,8-9H2,(H2,21,23)(H,22,26). The smallest absolute Gasteiger partial charge is 0.254 e. The molecule has 1 aromatic heterocycles. The maximum Gasteiger partial charge on any atom is 0.254 e. The van der Waals surface area contributed by atoms with Crippen LogP contribution in [0.4, 0.5) is 11.5 Å². The Morgan fingerprint density at radius 3 is 2.83 bits per heavy atom. The zero-order chi connectivity index (χ0) is 20.6. The van der Waals surface area contributed by atoms with Crippen LogP contribution in [-0.4, -0.2) is 30.7 Å². The molecule has 4 N–H and O–H groups in total. The summed E-state index contributed by atoms with van der Waals surface area (Å²) in [5, 5.41) is 8.03. The van der Waals surface area contributed by atoms with Gasteiger partial charge in [-0.15, -0.1) is 0 Å². The van der Waals surface area contributed by atoms with E-state index in [0.717, 1.165) is 28.5 Å². The minimum absolute atomic E-state index is 0.0692. The Kier molecular flexibility index (Phi) is 4.59. The van der Waals surface area contributed by atoms with Crippen LogP contribution in [0.15, 0.2) is 60.6 Å². The number of sulfonamides is 1. The van der Waals surface area contributed by atoms with Gasteiger partial charge in [-0.25, -0.2) is 13.1 Å². The fourth-order valence-corrected chi connectivity index (χ4v) is 3.79. The maximum atomic E-state index is 11.9. The number of carbonyl (C=O) groups excluding carboxylic acids is 1. The van der Waals surface area contributed by atoms with Crippen molar-refractivity contribution in [1.82, 2.24) is 15.1 Å². The van der Waals surface area contributed by atoms with Gasteiger partial charge >= 0.3 is 0 Å². The van der Waals surface area contributed by atoms with E-state index in [4.69, 9.17) is 5.73 Å². The lowest BCUT2D eigenvalue weighted by Crippen LogP contribution is -2.31. The Labute approximate surface area is 168 Å². The van der Waals surface area contributed by atoms with E-state index in [-0.39, 0.29) is 5.91 Å². The normalized spacial score (nSPS) is 13.4. The van der Waals surface area contributed by atoms with Crippen molar-refractivity contribution >= 4 is 27.4 Å². The number of anilines is 2. The number of nitrogens with one attached hydrogen (secondary N) is 2. The minimum atomic E-state index is -3.60. The highest BCUT2D eigenvalue weighted by atomic mass is 32.2. The average molecular weight is 409 g/mol. The summed E-state index contributed by atoms with van der Waals surface area (Å²) < 4.78 is 27.4. The van der Waals surface area contributed by atoms with Crippen molar-refractivity contribution in [2.24, 2.45) is 0 Å². The van der Waals surface area contributed by atoms with Gasteiger partial charge in [-0.2, -0.15) is 5.10 Å². The van der Waals surface area contributed by atoms with Gasteiger partial charge in [-0.05, 0) is 41.8 Å². The molecule has 2 aromatic carbocycles. The minimum Gasteiger partial charge on any atom is -0.382 e. The van der Waals surface area contributed by atoms with Gasteiger partial charge < -0.3 is 11.1 Å². The topological polar surface area (TPSA) is 119 Å². The summed E-state index contributed by atoms with van der Waals surface area (Å²) >= 11 is 0. The van der Waals surface area contributed by atoms with Crippen LogP contribution in [0.3, 0.4) is 0 Å². The number of nitrogens with two attached hydrogens (primary N) is 1. The van der Waals surface area contributed by atoms with E-state index in [2.05, 4.69) is 21.7 Å². The Balaban J connectivity index is 1.69. The fourth-order valence-electron chi connectivity index (χ4n) is 3.26. The molecule has 8 nitrogen and oxygen atoms in total. The van der Waals surface area contributed by atoms with Gasteiger partial charge in [0, 0.05) is 29.3 Å². The fraction of sp³-hybridized carbons (Fsp3) is 0.100. The number of aromatic nitrogens is 2. The molecule has 0 aliphatic carbocycles. The number of rotatable bonds is 5. The summed E-state index contributed by atoms with van der Waals surface area (Å²) in [6, 6.07) is 12.4. The number of amides is 1. The third-order valence-corrected chi connectivity index (χ3v) is 5.63. The number of fused-ring (bicyclic) bond motifs is 1. The second kappa shape index (κ2) is 7.10. The molecule has 2 heterocycles. The summed E-state index contributed by atoms with van der Waals surface area (Å²) in [7, 11) is -3.60. The first-order chi connectivity index (χ1) is 13.9. The van der Waals surface area contributed by atoms with Gasteiger partial charge in [-0.1, -0.05) is 24.8 Å². The molecule has 0 atom stereocenters. The molecule has 0 spiro atoms. The summed E-state index contributed by atoms with van der Waals surface area (Å²) in [6.45, 7) is 3.89. The van der Waals surface area contributed by atoms with Crippen molar-refractivity contribution in [3.8, 4) is 16.8 Å². The molecule has 1 aliphatic heterocycles. The highest BCUT2D eigenvalue weighted by molar-refractivity contribution is 7.95. The highest BCUT2D eigenvalue weighted by Crippen LogP contribution is 2.29. The summed E-state index contributed by atoms with van der Waals surface area (Å²) in [4.78, 5) is 11.9. The van der Waals surface area contributed by atoms with E-state index in [1.165, 1.54) is 0 Å². The third kappa shape index (κ3) is 3.72. The van der Waals surface area contributed by atoms with Crippen LogP contribution >= 0.6 is 0 Å². The van der Waals surface area contributed by atoms with Crippen LogP contribution in [0.5, 0.6) is 0 Å². The van der Waals surface area contributed by atoms with Crippen molar-refractivity contribution < 1.29 is 13.2 Å². The molecule has 0 unspecified atom stereocenters. The predicted octanol–water partition coefficient (Wildman–Crippen LogP) is 2.29. The molecule has 1 amide bonds. The number of hydrogen-bond donors (Lipinski definition) is 3. The van der Waals surface area contributed by atoms with Gasteiger partial charge in [0.25, 0.3) is 15.9 Å². The molecule has 0 radical (unpaired) electrons. The number of nitrogen functional groups attached to an aromatic ring is 1. The Bertz CT molecular complexity index is 1230. The summed E-state index contributed by atoms with van der Waals surface area (Å²) in [5.41, 5.74) is 10.4. The van der Waals surface area contributed by atoms with Crippen molar-refractivity contribution in [1.29, 1.82) is 0 Å². The maximum absolute atomic E-state index is 11.9. The van der Waals surface area contributed by atoms with E-state index in [9.17, 15) is 13.2 Å². The summed E-state index contributed by atoms with van der Waals surface area (Å²) in [6.07, 6.45) is 2.54. The van der Waals surface area contributed by atoms with Crippen molar-refractivity contribution in [2.75, 3.05) is 17.0 Å². The van der Waals surface area contributed by atoms with Crippen LogP contribution in [0.1, 0.15) is 15.9 Å². The predicted molar refractivity (Wildman–Crippen MR) is 112 cm³/mol. The zero-order valence-corrected chi connectivity index (χ0v) is 16.2. The molecule has 0 bridgehead atoms. The quantitative estimate of drug-likeness (QED) is 0.597. The number of benzene rings is 2. The zero-order valence-electron chi connectivity index (χ0n) is 15.4. The van der Waals surface area contributed by atoms with E-state index in [0.29, 0.717) is 29.3 Å². The van der Waals surface area contributed by atoms with Crippen molar-refractivity contribution in [3.05, 3.63) is 71.8 Å². The van der Waals surface area contributed by atoms with Gasteiger partial charge in [0.05, 0.1) is 11.4 Å². The van der Waals surface area contributed by atoms with Gasteiger partial charge in [0.1, 0.15) is 0 Å². The van der Waals surface area contributed by atoms with Gasteiger partial charge in [0.15, 0.2) is 5.82 Å². The molecule has 9 heteroatoms. The van der Waals surface area contributed by atoms with Crippen LogP contribution in [-0.2, 0) is 16.4 Å². The SMILES string of the molecule is C=CS(=O)(=O)Nc1cccc(-n2cc(-c3ccc4c(c3)CCNC4=O)c(N)n2)c1. The second-order valence-electron chi connectivity index (χ2n) is 6.61. The number of carbonyl (C=O) groups is 1. The van der Waals surface area contributed by atoms with E-state index >= 15 is 0 Å². The molecule has 4 rings (SSSR count). The third-order valence-electron chi connectivity index (χ3n) is 4.67. The number of hydrogen-bond acceptors (Lipinski definition) is 5. The van der Waals surface area contributed by atoms with Gasteiger partial charge in [0.2, 0.25) is 0 Å². The lowest BCUT2D eigenvalue weighted by molar-refractivity contribution is 0.0946. The molecule has 1 aliphatic rings. The monoisotopic (exact) mass is 409 g/mol. The first-order valence-corrected chi connectivity index (χ1v) is 10.4. The van der Waals surface area contributed by atoms with Crippen LogP contribution in [0, 0.1) is 0 Å². The van der Waals surface area contributed by atoms with E-state index in [1.807, 2.05) is 12.1 Å². The molecule has 0 fully saturated rings. The summed E-state index contributed by atoms with van der Waals surface area (Å²) in [5.74, 6) is 0.266. The molecule has 3 aromatic rings. The van der Waals surface area contributed by atoms with Crippen LogP contribution < -0.4 is 15.8 Å². The Morgan fingerprint density at radius 1 is 1.21 bits per heavy atom. The Morgan fingerprint density at radius 2 is 2.03 bits per heavy atom. The second-order valence-corrected chi connectivity index (χ2v) is 8.24. The van der Waals surface area contributed by atoms with E-state index in [1.54, 1.807) is 41.2 Å². The lowest BCUT2D eigenvalue weighted by atomic mass is 9.96. The largest absolute Gasteiger partial charge is 0.382 e. The average Bonchev–Trinajstić information content (AvgIpc) is 3.09. The molecule has 29 heavy (non-hydrogen) atoms. The molecular weight excluding hydrogens is 390 g/mol. The van der Waals surface area contributed by atoms with E-state index < -0.39 is 10.0 Å². The lowest BCUT2D eigenvalue weighted by Gasteiger charge is -2.17. The highest BCUT2D eigenvalue weighted by Gasteiger charge is 2.18. The number of nitrogens with zero attached hydrogens (tertiary/aromatic N) is 2. The molecular formula is C20H19N5O3S.